The van der Waals surface area contributed by atoms with Crippen molar-refractivity contribution in [3.05, 3.63) is 59.4 Å². The number of nitrogens with one attached hydrogen (secondary N) is 1. The van der Waals surface area contributed by atoms with E-state index < -0.39 is 6.09 Å². The molecule has 0 unspecified atom stereocenters. The molecule has 1 amide bonds. The number of rotatable bonds is 2. The maximum atomic E-state index is 11.6. The van der Waals surface area contributed by atoms with Gasteiger partial charge in [0.25, 0.3) is 0 Å². The average Bonchev–Trinajstić information content (AvgIpc) is 2.35. The Kier molecular flexibility index (Phi) is 5.60. The minimum Gasteiger partial charge on any atom is -1.00 e. The van der Waals surface area contributed by atoms with E-state index in [-0.39, 0.29) is 12.4 Å². The molecule has 0 aliphatic carbocycles. The van der Waals surface area contributed by atoms with Crippen LogP contribution < -0.4 is 27.2 Å². The van der Waals surface area contributed by atoms with Crippen LogP contribution in [0.2, 0.25) is 5.02 Å². The number of carbonyl (C=O) groups is 1. The summed E-state index contributed by atoms with van der Waals surface area (Å²) in [6, 6.07) is 10.7. The van der Waals surface area contributed by atoms with E-state index in [1.165, 1.54) is 4.68 Å². The molecule has 0 fully saturated rings. The van der Waals surface area contributed by atoms with Gasteiger partial charge < -0.3 is 17.1 Å². The Balaban J connectivity index is 0.00000180. The Morgan fingerprint density at radius 2 is 1.95 bits per heavy atom. The molecule has 0 bridgehead atoms. The summed E-state index contributed by atoms with van der Waals surface area (Å²) in [6.45, 7) is 1.90. The van der Waals surface area contributed by atoms with Crippen LogP contribution in [-0.4, -0.2) is 6.09 Å². The number of pyridine rings is 1. The highest BCUT2D eigenvalue weighted by Crippen LogP contribution is 2.25. The van der Waals surface area contributed by atoms with Crippen molar-refractivity contribution in [2.24, 2.45) is 0 Å². The van der Waals surface area contributed by atoms with Crippen molar-refractivity contribution >= 4 is 17.7 Å². The zero-order valence-electron chi connectivity index (χ0n) is 10.1. The summed E-state index contributed by atoms with van der Waals surface area (Å²) in [5.41, 5.74) is 3.50. The average molecular weight is 299 g/mol. The second-order valence-corrected chi connectivity index (χ2v) is 4.13. The van der Waals surface area contributed by atoms with E-state index in [9.17, 15) is 4.79 Å². The lowest BCUT2D eigenvalue weighted by Gasteiger charge is -2.05. The minimum absolute atomic E-state index is 0. The lowest BCUT2D eigenvalue weighted by molar-refractivity contribution is -0.642. The molecule has 0 aliphatic heterocycles. The first kappa shape index (κ1) is 15.3. The van der Waals surface area contributed by atoms with Crippen molar-refractivity contribution in [2.45, 2.75) is 6.92 Å². The predicted molar refractivity (Wildman–Crippen MR) is 68.2 cm³/mol. The molecular formula is C13H12Cl2N2O2. The molecule has 0 atom stereocenters. The van der Waals surface area contributed by atoms with E-state index in [2.05, 4.69) is 5.43 Å². The second kappa shape index (κ2) is 6.97. The van der Waals surface area contributed by atoms with Gasteiger partial charge in [-0.3, -0.25) is 0 Å². The molecule has 0 aliphatic rings. The maximum absolute atomic E-state index is 11.6. The van der Waals surface area contributed by atoms with Gasteiger partial charge in [-0.15, -0.1) is 0 Å². The van der Waals surface area contributed by atoms with Crippen molar-refractivity contribution in [1.29, 1.82) is 0 Å². The number of benzene rings is 1. The third kappa shape index (κ3) is 4.43. The number of hydrogen-bond acceptors (Lipinski definition) is 2. The first-order valence-corrected chi connectivity index (χ1v) is 5.74. The second-order valence-electron chi connectivity index (χ2n) is 3.72. The van der Waals surface area contributed by atoms with E-state index in [1.807, 2.05) is 19.1 Å². The standard InChI is InChI=1S/C13H11ClN2O2.ClH/c1-10-5-6-11(14)12(9-10)18-13(17)15-16-7-3-2-4-8-16;/h2-9H,1H3;1H. The molecule has 2 rings (SSSR count). The number of aryl methyl sites for hydroxylation is 1. The smallest absolute Gasteiger partial charge is 0.466 e. The zero-order chi connectivity index (χ0) is 13.0. The largest absolute Gasteiger partial charge is 1.00 e. The fraction of sp³-hybridized carbons (Fsp3) is 0.0769. The zero-order valence-corrected chi connectivity index (χ0v) is 11.7. The van der Waals surface area contributed by atoms with Gasteiger partial charge in [-0.2, -0.15) is 0 Å². The third-order valence-corrected chi connectivity index (χ3v) is 2.54. The maximum Gasteiger partial charge on any atom is 0.466 e. The van der Waals surface area contributed by atoms with Crippen molar-refractivity contribution in [3.8, 4) is 5.75 Å². The molecule has 0 saturated heterocycles. The Morgan fingerprint density at radius 3 is 2.63 bits per heavy atom. The molecule has 100 valence electrons. The Hall–Kier alpha value is -1.78. The highest BCUT2D eigenvalue weighted by atomic mass is 35.5. The van der Waals surface area contributed by atoms with E-state index in [4.69, 9.17) is 16.3 Å². The normalized spacial score (nSPS) is 9.37. The number of halogens is 2. The number of nitrogens with zero attached hydrogens (tertiary/aromatic N) is 1. The van der Waals surface area contributed by atoms with Gasteiger partial charge in [0.2, 0.25) is 0 Å². The van der Waals surface area contributed by atoms with E-state index in [0.717, 1.165) is 5.56 Å². The highest BCUT2D eigenvalue weighted by Gasteiger charge is 2.11. The summed E-state index contributed by atoms with van der Waals surface area (Å²) in [5.74, 6) is 0.339. The molecule has 1 N–H and O–H groups in total. The van der Waals surface area contributed by atoms with Crippen LogP contribution >= 0.6 is 11.6 Å². The van der Waals surface area contributed by atoms with Gasteiger partial charge in [0.05, 0.1) is 5.02 Å². The van der Waals surface area contributed by atoms with Crippen molar-refractivity contribution in [2.75, 3.05) is 5.43 Å². The summed E-state index contributed by atoms with van der Waals surface area (Å²) in [6.07, 6.45) is 2.79. The van der Waals surface area contributed by atoms with Gasteiger partial charge in [0.1, 0.15) is 0 Å². The van der Waals surface area contributed by atoms with E-state index >= 15 is 0 Å². The fourth-order valence-corrected chi connectivity index (χ4v) is 1.55. The number of amides is 1. The summed E-state index contributed by atoms with van der Waals surface area (Å²) in [7, 11) is 0. The molecule has 6 heteroatoms. The minimum atomic E-state index is -0.598. The number of carbonyl (C=O) groups excluding carboxylic acids is 1. The van der Waals surface area contributed by atoms with E-state index in [1.54, 1.807) is 36.7 Å². The molecule has 1 aromatic carbocycles. The van der Waals surface area contributed by atoms with Crippen molar-refractivity contribution < 1.29 is 26.6 Å². The molecule has 0 spiro atoms. The van der Waals surface area contributed by atoms with Crippen LogP contribution in [-0.2, 0) is 0 Å². The SMILES string of the molecule is Cc1ccc(Cl)c(OC(=O)N[n+]2ccccc2)c1.[Cl-]. The van der Waals surface area contributed by atoms with Crippen LogP contribution in [0.25, 0.3) is 0 Å². The van der Waals surface area contributed by atoms with Crippen LogP contribution in [0.3, 0.4) is 0 Å². The Bertz CT molecular complexity index is 562. The Labute approximate surface area is 122 Å². The summed E-state index contributed by atoms with van der Waals surface area (Å²) < 4.78 is 6.62. The van der Waals surface area contributed by atoms with Gasteiger partial charge in [0.15, 0.2) is 18.1 Å². The first-order valence-electron chi connectivity index (χ1n) is 5.36. The lowest BCUT2D eigenvalue weighted by atomic mass is 10.2. The number of ether oxygens (including phenoxy) is 1. The topological polar surface area (TPSA) is 42.2 Å². The molecule has 0 radical (unpaired) electrons. The molecular weight excluding hydrogens is 287 g/mol. The Morgan fingerprint density at radius 1 is 1.26 bits per heavy atom. The molecule has 19 heavy (non-hydrogen) atoms. The van der Waals surface area contributed by atoms with E-state index in [0.29, 0.717) is 10.8 Å². The third-order valence-electron chi connectivity index (χ3n) is 2.23. The molecule has 4 nitrogen and oxygen atoms in total. The lowest BCUT2D eigenvalue weighted by Crippen LogP contribution is -3.00. The van der Waals surface area contributed by atoms with Crippen LogP contribution in [0.4, 0.5) is 4.79 Å². The van der Waals surface area contributed by atoms with Crippen molar-refractivity contribution in [1.82, 2.24) is 0 Å². The predicted octanol–water partition coefficient (Wildman–Crippen LogP) is -0.318. The molecule has 2 aromatic rings. The summed E-state index contributed by atoms with van der Waals surface area (Å²) in [4.78, 5) is 11.6. The summed E-state index contributed by atoms with van der Waals surface area (Å²) >= 11 is 5.93. The highest BCUT2D eigenvalue weighted by molar-refractivity contribution is 6.32. The van der Waals surface area contributed by atoms with Gasteiger partial charge in [-0.1, -0.05) is 33.8 Å². The molecule has 1 heterocycles. The molecule has 0 saturated carbocycles. The van der Waals surface area contributed by atoms with Gasteiger partial charge in [-0.05, 0) is 24.6 Å². The van der Waals surface area contributed by atoms with Crippen LogP contribution in [0.15, 0.2) is 48.8 Å². The van der Waals surface area contributed by atoms with Crippen LogP contribution in [0.5, 0.6) is 5.75 Å². The van der Waals surface area contributed by atoms with Gasteiger partial charge in [0, 0.05) is 12.1 Å². The first-order chi connectivity index (χ1) is 8.65. The molecule has 1 aromatic heterocycles. The quantitative estimate of drug-likeness (QED) is 0.773. The van der Waals surface area contributed by atoms with Crippen molar-refractivity contribution in [3.63, 3.8) is 0 Å². The van der Waals surface area contributed by atoms with Gasteiger partial charge >= 0.3 is 6.09 Å². The van der Waals surface area contributed by atoms with Crippen LogP contribution in [0.1, 0.15) is 5.56 Å². The number of aromatic nitrogens is 1. The monoisotopic (exact) mass is 298 g/mol. The number of hydrogen-bond donors (Lipinski definition) is 1. The van der Waals surface area contributed by atoms with Gasteiger partial charge in [-0.25, -0.2) is 4.79 Å². The fourth-order valence-electron chi connectivity index (χ4n) is 1.39. The van der Waals surface area contributed by atoms with Crippen LogP contribution in [0, 0.1) is 6.92 Å². The summed E-state index contributed by atoms with van der Waals surface area (Å²) in [5, 5.41) is 0.397.